The SMILES string of the molecule is CCCc1cc(C(O)(C(F)(F)F)C(F)(F)F)ccc1N1CCN(C(=O)CN2C(=O)NC(C)(C3=CC=C4OCCC4C3)C2=O)CC1. The van der Waals surface area contributed by atoms with Crippen LogP contribution in [-0.4, -0.2) is 90.0 Å². The molecule has 246 valence electrons. The second-order valence-electron chi connectivity index (χ2n) is 11.9. The molecule has 3 fully saturated rings. The Morgan fingerprint density at radius 1 is 1.07 bits per heavy atom. The Labute approximate surface area is 255 Å². The highest BCUT2D eigenvalue weighted by Gasteiger charge is 2.71. The van der Waals surface area contributed by atoms with Crippen molar-refractivity contribution in [1.82, 2.24) is 15.1 Å². The summed E-state index contributed by atoms with van der Waals surface area (Å²) in [6.07, 6.45) is -6.49. The number of urea groups is 1. The van der Waals surface area contributed by atoms with Gasteiger partial charge in [0.15, 0.2) is 0 Å². The molecular formula is C30H34F6N4O5. The number of hydrogen-bond donors (Lipinski definition) is 2. The number of imide groups is 1. The van der Waals surface area contributed by atoms with Crippen LogP contribution in [0.5, 0.6) is 0 Å². The molecule has 2 N–H and O–H groups in total. The number of amides is 4. The number of piperazine rings is 1. The van der Waals surface area contributed by atoms with E-state index in [2.05, 4.69) is 5.32 Å². The first-order chi connectivity index (χ1) is 21.0. The first kappa shape index (κ1) is 32.6. The van der Waals surface area contributed by atoms with Crippen molar-refractivity contribution in [2.45, 2.75) is 63.0 Å². The highest BCUT2D eigenvalue weighted by Crippen LogP contribution is 2.50. The third-order valence-corrected chi connectivity index (χ3v) is 9.07. The Bertz CT molecular complexity index is 1420. The number of aliphatic hydroxyl groups is 1. The number of aryl methyl sites for hydroxylation is 1. The molecule has 0 saturated carbocycles. The molecule has 1 aromatic rings. The van der Waals surface area contributed by atoms with Crippen molar-refractivity contribution >= 4 is 23.5 Å². The van der Waals surface area contributed by atoms with Crippen molar-refractivity contribution in [2.24, 2.45) is 5.92 Å². The minimum atomic E-state index is -5.99. The van der Waals surface area contributed by atoms with Gasteiger partial charge in [-0.05, 0) is 49.5 Å². The number of hydrogen-bond acceptors (Lipinski definition) is 6. The molecule has 0 spiro atoms. The van der Waals surface area contributed by atoms with Gasteiger partial charge < -0.3 is 25.0 Å². The number of nitrogens with one attached hydrogen (secondary N) is 1. The second-order valence-corrected chi connectivity index (χ2v) is 11.9. The highest BCUT2D eigenvalue weighted by atomic mass is 19.4. The zero-order valence-electron chi connectivity index (χ0n) is 24.7. The molecule has 0 aromatic heterocycles. The van der Waals surface area contributed by atoms with Gasteiger partial charge in [-0.15, -0.1) is 0 Å². The van der Waals surface area contributed by atoms with Crippen LogP contribution in [0.3, 0.4) is 0 Å². The monoisotopic (exact) mass is 644 g/mol. The molecule has 3 aliphatic heterocycles. The molecule has 0 radical (unpaired) electrons. The number of carbonyl (C=O) groups is 3. The Kier molecular flexibility index (Phi) is 8.38. The fourth-order valence-electron chi connectivity index (χ4n) is 6.42. The number of ether oxygens (including phenoxy) is 1. The number of benzene rings is 1. The van der Waals surface area contributed by atoms with Crippen LogP contribution in [-0.2, 0) is 26.3 Å². The van der Waals surface area contributed by atoms with Gasteiger partial charge in [-0.25, -0.2) is 4.79 Å². The number of rotatable bonds is 7. The van der Waals surface area contributed by atoms with Crippen LogP contribution < -0.4 is 10.2 Å². The van der Waals surface area contributed by atoms with Crippen LogP contribution in [0.1, 0.15) is 44.2 Å². The Hall–Kier alpha value is -3.75. The van der Waals surface area contributed by atoms with E-state index < -0.39 is 53.4 Å². The molecule has 2 atom stereocenters. The first-order valence-corrected chi connectivity index (χ1v) is 14.7. The summed E-state index contributed by atoms with van der Waals surface area (Å²) in [5, 5.41) is 12.6. The molecule has 9 nitrogen and oxygen atoms in total. The topological polar surface area (TPSA) is 102 Å². The summed E-state index contributed by atoms with van der Waals surface area (Å²) in [4.78, 5) is 43.5. The van der Waals surface area contributed by atoms with Gasteiger partial charge in [0.2, 0.25) is 5.91 Å². The number of carbonyl (C=O) groups excluding carboxylic acids is 3. The zero-order valence-corrected chi connectivity index (χ0v) is 24.7. The third kappa shape index (κ3) is 5.63. The standard InChI is InChI=1S/C30H34F6N4O5/c1-3-4-18-15-21(28(44,29(31,32)33)30(34,35)36)5-7-22(18)38-10-12-39(13-11-38)24(41)17-40-25(42)27(2,37-26(40)43)20-6-8-23-19(16-20)9-14-45-23/h5-8,15,19,44H,3-4,9-14,16-17H2,1-2H3,(H,37,43). The molecular weight excluding hydrogens is 610 g/mol. The van der Waals surface area contributed by atoms with Gasteiger partial charge >= 0.3 is 18.4 Å². The van der Waals surface area contributed by atoms with Gasteiger partial charge in [0, 0.05) is 43.3 Å². The molecule has 4 amide bonds. The van der Waals surface area contributed by atoms with E-state index in [-0.39, 0.29) is 44.1 Å². The maximum Gasteiger partial charge on any atom is 0.430 e. The quantitative estimate of drug-likeness (QED) is 0.342. The summed E-state index contributed by atoms with van der Waals surface area (Å²) in [5.41, 5.74) is -6.33. The van der Waals surface area contributed by atoms with Crippen LogP contribution >= 0.6 is 0 Å². The second kappa shape index (κ2) is 11.6. The number of fused-ring (bicyclic) bond motifs is 1. The Morgan fingerprint density at radius 2 is 1.73 bits per heavy atom. The zero-order chi connectivity index (χ0) is 32.9. The molecule has 2 unspecified atom stereocenters. The van der Waals surface area contributed by atoms with Gasteiger partial charge in [-0.2, -0.15) is 26.3 Å². The largest absolute Gasteiger partial charge is 0.498 e. The number of alkyl halides is 6. The van der Waals surface area contributed by atoms with E-state index in [0.29, 0.717) is 31.2 Å². The lowest BCUT2D eigenvalue weighted by Gasteiger charge is -2.38. The predicted molar refractivity (Wildman–Crippen MR) is 149 cm³/mol. The fourth-order valence-corrected chi connectivity index (χ4v) is 6.42. The summed E-state index contributed by atoms with van der Waals surface area (Å²) < 4.78 is 86.4. The van der Waals surface area contributed by atoms with E-state index >= 15 is 0 Å². The van der Waals surface area contributed by atoms with E-state index in [1.807, 2.05) is 0 Å². The first-order valence-electron chi connectivity index (χ1n) is 14.7. The number of halogens is 6. The van der Waals surface area contributed by atoms with Crippen LogP contribution in [0.15, 0.2) is 41.7 Å². The number of allylic oxidation sites excluding steroid dienone is 3. The number of anilines is 1. The molecule has 1 aromatic carbocycles. The smallest absolute Gasteiger partial charge is 0.430 e. The van der Waals surface area contributed by atoms with E-state index in [4.69, 9.17) is 4.74 Å². The lowest BCUT2D eigenvalue weighted by molar-refractivity contribution is -0.376. The summed E-state index contributed by atoms with van der Waals surface area (Å²) in [5.74, 6) is -0.0281. The Balaban J connectivity index is 1.25. The summed E-state index contributed by atoms with van der Waals surface area (Å²) in [6, 6.07) is 1.81. The molecule has 0 bridgehead atoms. The maximum atomic E-state index is 13.5. The van der Waals surface area contributed by atoms with Gasteiger partial charge in [-0.3, -0.25) is 14.5 Å². The summed E-state index contributed by atoms with van der Waals surface area (Å²) >= 11 is 0. The fraction of sp³-hybridized carbons (Fsp3) is 0.567. The van der Waals surface area contributed by atoms with Crippen molar-refractivity contribution in [1.29, 1.82) is 0 Å². The molecule has 4 aliphatic rings. The van der Waals surface area contributed by atoms with E-state index in [0.717, 1.165) is 34.8 Å². The average Bonchev–Trinajstić information content (AvgIpc) is 3.54. The van der Waals surface area contributed by atoms with Gasteiger partial charge in [0.05, 0.1) is 12.4 Å². The molecule has 45 heavy (non-hydrogen) atoms. The summed E-state index contributed by atoms with van der Waals surface area (Å²) in [6.45, 7) is 4.12. The minimum Gasteiger partial charge on any atom is -0.498 e. The van der Waals surface area contributed by atoms with Crippen molar-refractivity contribution in [3.05, 3.63) is 52.8 Å². The molecule has 5 rings (SSSR count). The molecule has 1 aliphatic carbocycles. The van der Waals surface area contributed by atoms with E-state index in [9.17, 15) is 45.8 Å². The van der Waals surface area contributed by atoms with Crippen molar-refractivity contribution < 1.29 is 50.6 Å². The average molecular weight is 645 g/mol. The summed E-state index contributed by atoms with van der Waals surface area (Å²) in [7, 11) is 0. The maximum absolute atomic E-state index is 13.5. The van der Waals surface area contributed by atoms with Crippen LogP contribution in [0, 0.1) is 5.92 Å². The molecule has 3 saturated heterocycles. The number of nitrogens with zero attached hydrogens (tertiary/aromatic N) is 3. The minimum absolute atomic E-state index is 0.132. The predicted octanol–water partition coefficient (Wildman–Crippen LogP) is 4.16. The Morgan fingerprint density at radius 3 is 2.36 bits per heavy atom. The van der Waals surface area contributed by atoms with E-state index in [1.165, 1.54) is 4.90 Å². The highest BCUT2D eigenvalue weighted by molar-refractivity contribution is 6.10. The van der Waals surface area contributed by atoms with Crippen molar-refractivity contribution in [2.75, 3.05) is 44.2 Å². The van der Waals surface area contributed by atoms with Crippen LogP contribution in [0.25, 0.3) is 0 Å². The normalized spacial score (nSPS) is 24.3. The van der Waals surface area contributed by atoms with E-state index in [1.54, 1.807) is 30.9 Å². The molecule has 3 heterocycles. The molecule has 15 heteroatoms. The third-order valence-electron chi connectivity index (χ3n) is 9.07. The van der Waals surface area contributed by atoms with Crippen LogP contribution in [0.2, 0.25) is 0 Å². The van der Waals surface area contributed by atoms with Gasteiger partial charge in [0.25, 0.3) is 11.5 Å². The lowest BCUT2D eigenvalue weighted by Crippen LogP contribution is -2.54. The van der Waals surface area contributed by atoms with Crippen molar-refractivity contribution in [3.8, 4) is 0 Å². The van der Waals surface area contributed by atoms with Gasteiger partial charge in [-0.1, -0.05) is 31.6 Å². The van der Waals surface area contributed by atoms with Gasteiger partial charge in [0.1, 0.15) is 12.1 Å². The van der Waals surface area contributed by atoms with Crippen molar-refractivity contribution in [3.63, 3.8) is 0 Å². The van der Waals surface area contributed by atoms with Crippen LogP contribution in [0.4, 0.5) is 36.8 Å². The lowest BCUT2D eigenvalue weighted by atomic mass is 9.81.